The number of carbonyl (C=O) groups is 1. The fourth-order valence-electron chi connectivity index (χ4n) is 5.77. The first-order valence-electron chi connectivity index (χ1n) is 14.6. The van der Waals surface area contributed by atoms with Gasteiger partial charge in [0.15, 0.2) is 0 Å². The van der Waals surface area contributed by atoms with Crippen LogP contribution in [0, 0.1) is 0 Å². The predicted octanol–water partition coefficient (Wildman–Crippen LogP) is 6.08. The lowest BCUT2D eigenvalue weighted by molar-refractivity contribution is -0.137. The van der Waals surface area contributed by atoms with Gasteiger partial charge in [-0.15, -0.1) is 0 Å². The second kappa shape index (κ2) is 11.8. The quantitative estimate of drug-likeness (QED) is 0.227. The minimum absolute atomic E-state index is 0.257. The highest BCUT2D eigenvalue weighted by molar-refractivity contribution is 5.79. The van der Waals surface area contributed by atoms with E-state index in [1.807, 2.05) is 0 Å². The molecule has 2 aliphatic heterocycles. The van der Waals surface area contributed by atoms with E-state index in [1.165, 1.54) is 22.1 Å². The van der Waals surface area contributed by atoms with Gasteiger partial charge in [-0.25, -0.2) is 4.58 Å². The van der Waals surface area contributed by atoms with Crippen molar-refractivity contribution in [1.82, 2.24) is 9.89 Å². The zero-order valence-electron chi connectivity index (χ0n) is 24.2. The van der Waals surface area contributed by atoms with Crippen LogP contribution < -0.4 is 20.0 Å². The Morgan fingerprint density at radius 3 is 2.58 bits per heavy atom. The molecule has 0 saturated carbocycles. The van der Waals surface area contributed by atoms with Crippen molar-refractivity contribution in [3.05, 3.63) is 81.6 Å². The summed E-state index contributed by atoms with van der Waals surface area (Å²) in [6.07, 6.45) is 8.16. The summed E-state index contributed by atoms with van der Waals surface area (Å²) in [6, 6.07) is 15.3. The first-order valence-corrected chi connectivity index (χ1v) is 14.6. The first kappa shape index (κ1) is 27.9. The highest BCUT2D eigenvalue weighted by atomic mass is 16.5. The molecule has 40 heavy (non-hydrogen) atoms. The Kier molecular flexibility index (Phi) is 8.27. The third kappa shape index (κ3) is 5.78. The minimum atomic E-state index is -0.714. The van der Waals surface area contributed by atoms with Crippen molar-refractivity contribution < 1.29 is 19.1 Å². The number of fused-ring (bicyclic) bond motifs is 4. The molecule has 0 aromatic heterocycles. The maximum absolute atomic E-state index is 10.6. The van der Waals surface area contributed by atoms with Crippen molar-refractivity contribution in [3.63, 3.8) is 0 Å². The summed E-state index contributed by atoms with van der Waals surface area (Å²) in [5.41, 5.74) is 5.50. The number of unbranched alkanes of at least 4 members (excludes halogenated alkanes) is 2. The van der Waals surface area contributed by atoms with E-state index in [9.17, 15) is 4.79 Å². The highest BCUT2D eigenvalue weighted by Gasteiger charge is 2.38. The normalized spacial score (nSPS) is 14.9. The van der Waals surface area contributed by atoms with Crippen LogP contribution in [0.3, 0.4) is 0 Å². The van der Waals surface area contributed by atoms with Crippen LogP contribution in [0.5, 0.6) is 5.75 Å². The second-order valence-corrected chi connectivity index (χ2v) is 11.3. The maximum atomic E-state index is 10.6. The van der Waals surface area contributed by atoms with Crippen LogP contribution in [0.15, 0.2) is 58.2 Å². The Balaban J connectivity index is 1.34. The largest absolute Gasteiger partial charge is 0.481 e. The average molecular weight is 542 g/mol. The molecule has 0 spiro atoms. The Hall–Kier alpha value is -3.64. The van der Waals surface area contributed by atoms with Crippen LogP contribution >= 0.6 is 0 Å². The van der Waals surface area contributed by atoms with E-state index in [2.05, 4.69) is 92.2 Å². The van der Waals surface area contributed by atoms with Crippen LogP contribution in [0.25, 0.3) is 23.5 Å². The van der Waals surface area contributed by atoms with Crippen LogP contribution in [0.4, 0.5) is 0 Å². The van der Waals surface area contributed by atoms with Gasteiger partial charge in [0.2, 0.25) is 5.36 Å². The van der Waals surface area contributed by atoms with E-state index < -0.39 is 5.97 Å². The van der Waals surface area contributed by atoms with Crippen LogP contribution in [0.2, 0.25) is 0 Å². The highest BCUT2D eigenvalue weighted by Crippen LogP contribution is 2.48. The lowest BCUT2D eigenvalue weighted by Crippen LogP contribution is -2.30. The van der Waals surface area contributed by atoms with Crippen molar-refractivity contribution in [1.29, 1.82) is 0 Å². The number of rotatable bonds is 11. The summed E-state index contributed by atoms with van der Waals surface area (Å²) in [5.74, 6) is 2.76. The molecule has 0 saturated heterocycles. The number of hydrogen-bond acceptors (Lipinski definition) is 4. The lowest BCUT2D eigenvalue weighted by Gasteiger charge is -2.37. The molecule has 0 bridgehead atoms. The zero-order valence-corrected chi connectivity index (χ0v) is 24.2. The van der Waals surface area contributed by atoms with Crippen molar-refractivity contribution in [2.45, 2.75) is 65.2 Å². The summed E-state index contributed by atoms with van der Waals surface area (Å²) in [5, 5.41) is 13.4. The van der Waals surface area contributed by atoms with E-state index in [0.29, 0.717) is 0 Å². The van der Waals surface area contributed by atoms with Gasteiger partial charge in [-0.1, -0.05) is 32.4 Å². The summed E-state index contributed by atoms with van der Waals surface area (Å²) < 4.78 is 15.4. The molecular weight excluding hydrogens is 500 g/mol. The maximum Gasteiger partial charge on any atom is 0.303 e. The summed E-state index contributed by atoms with van der Waals surface area (Å²) in [6.45, 7) is 12.5. The van der Waals surface area contributed by atoms with E-state index in [0.717, 1.165) is 86.0 Å². The third-order valence-electron chi connectivity index (χ3n) is 8.22. The molecule has 4 aliphatic rings. The van der Waals surface area contributed by atoms with Crippen LogP contribution in [0.1, 0.15) is 75.8 Å². The Labute approximate surface area is 237 Å². The van der Waals surface area contributed by atoms with Gasteiger partial charge in [-0.05, 0) is 76.0 Å². The van der Waals surface area contributed by atoms with Crippen molar-refractivity contribution >= 4 is 18.1 Å². The molecule has 6 heteroatoms. The Morgan fingerprint density at radius 2 is 1.80 bits per heavy atom. The number of carboxylic acids is 1. The molecule has 2 N–H and O–H groups in total. The molecule has 1 aromatic carbocycles. The van der Waals surface area contributed by atoms with Gasteiger partial charge in [0, 0.05) is 46.2 Å². The Bertz CT molecular complexity index is 1500. The molecule has 0 radical (unpaired) electrons. The fourth-order valence-corrected chi connectivity index (χ4v) is 5.77. The number of benzene rings is 2. The van der Waals surface area contributed by atoms with Gasteiger partial charge in [0.1, 0.15) is 36.1 Å². The molecule has 6 nitrogen and oxygen atoms in total. The molecule has 0 fully saturated rings. The third-order valence-corrected chi connectivity index (χ3v) is 8.22. The van der Waals surface area contributed by atoms with E-state index in [-0.39, 0.29) is 11.8 Å². The van der Waals surface area contributed by atoms with E-state index >= 15 is 0 Å². The van der Waals surface area contributed by atoms with Crippen LogP contribution in [-0.2, 0) is 16.6 Å². The minimum Gasteiger partial charge on any atom is -0.481 e. The number of nitrogens with one attached hydrogen (secondary N) is 1. The van der Waals surface area contributed by atoms with Crippen molar-refractivity contribution in [2.75, 3.05) is 26.2 Å². The molecular formula is C34H41N2O4+. The van der Waals surface area contributed by atoms with Crippen molar-refractivity contribution in [2.24, 2.45) is 0 Å². The number of ether oxygens (including phenoxy) is 1. The number of hydrogen-bond donors (Lipinski definition) is 2. The number of allylic oxidation sites excluding steroid dienone is 1. The summed E-state index contributed by atoms with van der Waals surface area (Å²) in [7, 11) is 0. The first-order chi connectivity index (χ1) is 19.3. The molecule has 2 aliphatic carbocycles. The zero-order chi connectivity index (χ0) is 28.3. The Morgan fingerprint density at radius 1 is 0.975 bits per heavy atom. The van der Waals surface area contributed by atoms with Gasteiger partial charge in [-0.2, -0.15) is 0 Å². The molecule has 5 rings (SSSR count). The van der Waals surface area contributed by atoms with Crippen LogP contribution in [-0.4, -0.2) is 37.3 Å². The topological polar surface area (TPSA) is 74.7 Å². The predicted molar refractivity (Wildman–Crippen MR) is 160 cm³/mol. The number of nitrogens with zero attached hydrogens (tertiary/aromatic N) is 1. The SMILES string of the molecule is CC[N+](CC)=c1ccc2cc3c(oc-2c1)C=C1Oc2cc(CCNCCCCCC(=O)O)ccc2C=C1C3(C)C. The smallest absolute Gasteiger partial charge is 0.303 e. The van der Waals surface area contributed by atoms with Crippen molar-refractivity contribution in [3.8, 4) is 17.1 Å². The van der Waals surface area contributed by atoms with Gasteiger partial charge in [0.25, 0.3) is 0 Å². The average Bonchev–Trinajstić information content (AvgIpc) is 2.93. The van der Waals surface area contributed by atoms with Gasteiger partial charge < -0.3 is 19.6 Å². The second-order valence-electron chi connectivity index (χ2n) is 11.3. The standard InChI is InChI=1S/C34H40N2O4/c1-5-36(6-2)26-14-13-25-20-28-32(40-30(25)21-26)22-31-27(34(28,3)4)19-24-12-11-23(18-29(24)39-31)15-17-35-16-9-7-8-10-33(37)38/h11-14,18-22,35H,5-10,15-17H2,1-4H3/p+1. The molecule has 0 unspecified atom stereocenters. The van der Waals surface area contributed by atoms with Gasteiger partial charge in [-0.3, -0.25) is 4.79 Å². The number of carboxylic acid groups (broad SMARTS) is 1. The van der Waals surface area contributed by atoms with Gasteiger partial charge in [0.05, 0.1) is 6.07 Å². The monoisotopic (exact) mass is 541 g/mol. The molecule has 0 atom stereocenters. The summed E-state index contributed by atoms with van der Waals surface area (Å²) in [4.78, 5) is 10.6. The molecule has 210 valence electrons. The van der Waals surface area contributed by atoms with E-state index in [4.69, 9.17) is 14.3 Å². The number of aliphatic carboxylic acids is 1. The lowest BCUT2D eigenvalue weighted by atomic mass is 9.71. The fraction of sp³-hybridized carbons (Fsp3) is 0.412. The molecule has 0 amide bonds. The van der Waals surface area contributed by atoms with E-state index in [1.54, 1.807) is 0 Å². The van der Waals surface area contributed by atoms with Gasteiger partial charge >= 0.3 is 5.97 Å². The molecule has 1 aromatic rings. The summed E-state index contributed by atoms with van der Waals surface area (Å²) >= 11 is 0. The molecule has 2 heterocycles.